The zero-order valence-corrected chi connectivity index (χ0v) is 20.8. The predicted octanol–water partition coefficient (Wildman–Crippen LogP) is 5.56. The van der Waals surface area contributed by atoms with Gasteiger partial charge in [0.15, 0.2) is 11.5 Å². The summed E-state index contributed by atoms with van der Waals surface area (Å²) < 4.78 is 17.1. The van der Waals surface area contributed by atoms with Crippen LogP contribution in [0.5, 0.6) is 17.2 Å². The fourth-order valence-corrected chi connectivity index (χ4v) is 4.76. The van der Waals surface area contributed by atoms with Crippen LogP contribution in [0.15, 0.2) is 71.6 Å². The van der Waals surface area contributed by atoms with Gasteiger partial charge in [0, 0.05) is 5.56 Å². The van der Waals surface area contributed by atoms with Crippen molar-refractivity contribution in [3.63, 3.8) is 0 Å². The average Bonchev–Trinajstić information content (AvgIpc) is 3.15. The molecular formula is C27H22N2O4S2. The number of carbonyl (C=O) groups excluding carboxylic acids is 1. The van der Waals surface area contributed by atoms with Crippen LogP contribution in [0.25, 0.3) is 6.08 Å². The minimum atomic E-state index is -0.136. The standard InChI is InChI=1S/C27H22N2O4S2/c1-31-22-10-7-18(8-11-22)16-29-26(30)25(35-27(29)34)14-19-9-12-23(24(13-19)32-2)33-17-21-6-4-3-5-20(21)15-28/h3-14H,16-17H2,1-2H3. The lowest BCUT2D eigenvalue weighted by Gasteiger charge is -2.14. The van der Waals surface area contributed by atoms with Gasteiger partial charge in [0.1, 0.15) is 16.7 Å². The van der Waals surface area contributed by atoms with Gasteiger partial charge in [0.25, 0.3) is 5.91 Å². The Morgan fingerprint density at radius 1 is 1.03 bits per heavy atom. The highest BCUT2D eigenvalue weighted by Crippen LogP contribution is 2.36. The van der Waals surface area contributed by atoms with Gasteiger partial charge < -0.3 is 14.2 Å². The second-order valence-corrected chi connectivity index (χ2v) is 9.26. The monoisotopic (exact) mass is 502 g/mol. The molecule has 6 nitrogen and oxygen atoms in total. The SMILES string of the molecule is COc1ccc(CN2C(=O)C(=Cc3ccc(OCc4ccccc4C#N)c(OC)c3)SC2=S)cc1. The van der Waals surface area contributed by atoms with E-state index in [-0.39, 0.29) is 12.5 Å². The predicted molar refractivity (Wildman–Crippen MR) is 140 cm³/mol. The van der Waals surface area contributed by atoms with Crippen LogP contribution in [-0.4, -0.2) is 29.3 Å². The Balaban J connectivity index is 1.48. The largest absolute Gasteiger partial charge is 0.497 e. The molecule has 3 aromatic carbocycles. The van der Waals surface area contributed by atoms with Crippen LogP contribution in [-0.2, 0) is 17.9 Å². The first-order valence-corrected chi connectivity index (χ1v) is 11.9. The lowest BCUT2D eigenvalue weighted by Crippen LogP contribution is -2.27. The van der Waals surface area contributed by atoms with Gasteiger partial charge in [0.05, 0.1) is 37.3 Å². The van der Waals surface area contributed by atoms with Crippen molar-refractivity contribution < 1.29 is 19.0 Å². The molecule has 0 atom stereocenters. The Bertz CT molecular complexity index is 1330. The summed E-state index contributed by atoms with van der Waals surface area (Å²) in [5.41, 5.74) is 3.11. The highest BCUT2D eigenvalue weighted by molar-refractivity contribution is 8.26. The lowest BCUT2D eigenvalue weighted by molar-refractivity contribution is -0.122. The van der Waals surface area contributed by atoms with E-state index in [2.05, 4.69) is 6.07 Å². The zero-order chi connectivity index (χ0) is 24.8. The Morgan fingerprint density at radius 3 is 2.51 bits per heavy atom. The molecule has 0 aromatic heterocycles. The molecule has 1 amide bonds. The molecule has 0 unspecified atom stereocenters. The molecule has 1 saturated heterocycles. The molecule has 35 heavy (non-hydrogen) atoms. The Hall–Kier alpha value is -3.80. The maximum atomic E-state index is 13.0. The van der Waals surface area contributed by atoms with Crippen LogP contribution in [0.4, 0.5) is 0 Å². The molecule has 8 heteroatoms. The van der Waals surface area contributed by atoms with Crippen molar-refractivity contribution in [1.82, 2.24) is 4.90 Å². The number of benzene rings is 3. The van der Waals surface area contributed by atoms with Crippen molar-refractivity contribution >= 4 is 40.3 Å². The van der Waals surface area contributed by atoms with Crippen molar-refractivity contribution in [3.05, 3.63) is 93.9 Å². The van der Waals surface area contributed by atoms with Crippen LogP contribution >= 0.6 is 24.0 Å². The van der Waals surface area contributed by atoms with Crippen molar-refractivity contribution in [2.75, 3.05) is 14.2 Å². The molecule has 0 spiro atoms. The van der Waals surface area contributed by atoms with Gasteiger partial charge in [-0.3, -0.25) is 9.69 Å². The molecule has 3 aromatic rings. The Labute approximate surface area is 213 Å². The van der Waals surface area contributed by atoms with Crippen LogP contribution in [0, 0.1) is 11.3 Å². The number of hydrogen-bond donors (Lipinski definition) is 0. The topological polar surface area (TPSA) is 71.8 Å². The van der Waals surface area contributed by atoms with E-state index in [1.807, 2.05) is 54.6 Å². The summed E-state index contributed by atoms with van der Waals surface area (Å²) in [7, 11) is 3.17. The highest BCUT2D eigenvalue weighted by atomic mass is 32.2. The van der Waals surface area contributed by atoms with Crippen molar-refractivity contribution in [3.8, 4) is 23.3 Å². The van der Waals surface area contributed by atoms with Crippen molar-refractivity contribution in [2.45, 2.75) is 13.2 Å². The molecule has 1 heterocycles. The van der Waals surface area contributed by atoms with E-state index >= 15 is 0 Å². The number of ether oxygens (including phenoxy) is 3. The average molecular weight is 503 g/mol. The van der Waals surface area contributed by atoms with Crippen LogP contribution < -0.4 is 14.2 Å². The van der Waals surface area contributed by atoms with Gasteiger partial charge in [-0.2, -0.15) is 5.26 Å². The summed E-state index contributed by atoms with van der Waals surface area (Å²) in [4.78, 5) is 15.2. The van der Waals surface area contributed by atoms with Crippen molar-refractivity contribution in [2.24, 2.45) is 0 Å². The third-order valence-corrected chi connectivity index (χ3v) is 6.76. The summed E-state index contributed by atoms with van der Waals surface area (Å²) in [6.45, 7) is 0.635. The van der Waals surface area contributed by atoms with E-state index in [1.54, 1.807) is 37.3 Å². The smallest absolute Gasteiger partial charge is 0.266 e. The van der Waals surface area contributed by atoms with Crippen molar-refractivity contribution in [1.29, 1.82) is 5.26 Å². The van der Waals surface area contributed by atoms with E-state index in [0.29, 0.717) is 32.8 Å². The number of rotatable bonds is 8. The number of nitrogens with zero attached hydrogens (tertiary/aromatic N) is 2. The van der Waals surface area contributed by atoms with Gasteiger partial charge in [-0.15, -0.1) is 0 Å². The highest BCUT2D eigenvalue weighted by Gasteiger charge is 2.32. The summed E-state index contributed by atoms with van der Waals surface area (Å²) in [6, 6.07) is 22.5. The number of methoxy groups -OCH3 is 2. The van der Waals surface area contributed by atoms with E-state index < -0.39 is 0 Å². The number of thioether (sulfide) groups is 1. The third-order valence-electron chi connectivity index (χ3n) is 5.38. The number of hydrogen-bond acceptors (Lipinski definition) is 7. The molecule has 0 bridgehead atoms. The fraction of sp³-hybridized carbons (Fsp3) is 0.148. The molecule has 0 N–H and O–H groups in total. The van der Waals surface area contributed by atoms with E-state index in [9.17, 15) is 10.1 Å². The fourth-order valence-electron chi connectivity index (χ4n) is 3.51. The minimum Gasteiger partial charge on any atom is -0.497 e. The van der Waals surface area contributed by atoms with Gasteiger partial charge in [-0.05, 0) is 47.5 Å². The van der Waals surface area contributed by atoms with Crippen LogP contribution in [0.2, 0.25) is 0 Å². The van der Waals surface area contributed by atoms with Gasteiger partial charge >= 0.3 is 0 Å². The Kier molecular flexibility index (Phi) is 7.70. The number of thiocarbonyl (C=S) groups is 1. The second kappa shape index (κ2) is 11.1. The maximum Gasteiger partial charge on any atom is 0.266 e. The Morgan fingerprint density at radius 2 is 1.80 bits per heavy atom. The molecule has 1 aliphatic rings. The van der Waals surface area contributed by atoms with Crippen LogP contribution in [0.1, 0.15) is 22.3 Å². The number of carbonyl (C=O) groups is 1. The first kappa shape index (κ1) is 24.3. The lowest BCUT2D eigenvalue weighted by atomic mass is 10.1. The quantitative estimate of drug-likeness (QED) is 0.295. The minimum absolute atomic E-state index is 0.136. The van der Waals surface area contributed by atoms with Gasteiger partial charge in [-0.1, -0.05) is 60.4 Å². The molecule has 176 valence electrons. The normalized spacial score (nSPS) is 14.2. The maximum absolute atomic E-state index is 13.0. The summed E-state index contributed by atoms with van der Waals surface area (Å²) >= 11 is 6.74. The van der Waals surface area contributed by atoms with E-state index in [1.165, 1.54) is 11.8 Å². The molecule has 0 saturated carbocycles. The first-order valence-electron chi connectivity index (χ1n) is 10.7. The zero-order valence-electron chi connectivity index (χ0n) is 19.2. The molecule has 1 fully saturated rings. The molecule has 0 radical (unpaired) electrons. The third kappa shape index (κ3) is 5.65. The molecular weight excluding hydrogens is 480 g/mol. The van der Waals surface area contributed by atoms with Crippen LogP contribution in [0.3, 0.4) is 0 Å². The molecule has 4 rings (SSSR count). The van der Waals surface area contributed by atoms with E-state index in [0.717, 1.165) is 22.4 Å². The molecule has 0 aliphatic carbocycles. The summed E-state index contributed by atoms with van der Waals surface area (Å²) in [5, 5.41) is 9.27. The summed E-state index contributed by atoms with van der Waals surface area (Å²) in [6.07, 6.45) is 1.80. The summed E-state index contributed by atoms with van der Waals surface area (Å²) in [5.74, 6) is 1.70. The van der Waals surface area contributed by atoms with E-state index in [4.69, 9.17) is 26.4 Å². The molecule has 1 aliphatic heterocycles. The number of nitriles is 1. The first-order chi connectivity index (χ1) is 17.0. The second-order valence-electron chi connectivity index (χ2n) is 7.58. The number of amides is 1. The van der Waals surface area contributed by atoms with Gasteiger partial charge in [0.2, 0.25) is 0 Å². The van der Waals surface area contributed by atoms with Gasteiger partial charge in [-0.25, -0.2) is 0 Å².